The van der Waals surface area contributed by atoms with Crippen molar-refractivity contribution in [2.75, 3.05) is 0 Å². The lowest BCUT2D eigenvalue weighted by molar-refractivity contribution is -0.139. The predicted molar refractivity (Wildman–Crippen MR) is 77.5 cm³/mol. The van der Waals surface area contributed by atoms with Gasteiger partial charge in [-0.25, -0.2) is 0 Å². The second kappa shape index (κ2) is 5.10. The number of aliphatic carboxylic acids is 1. The van der Waals surface area contributed by atoms with Gasteiger partial charge in [-0.05, 0) is 24.0 Å². The molecule has 20 heavy (non-hydrogen) atoms. The zero-order valence-electron chi connectivity index (χ0n) is 11.1. The van der Waals surface area contributed by atoms with Gasteiger partial charge < -0.3 is 5.11 Å². The number of hydrogen-bond acceptors (Lipinski definition) is 2. The summed E-state index contributed by atoms with van der Waals surface area (Å²) in [7, 11) is 0. The maximum Gasteiger partial charge on any atom is 0.320 e. The Hall–Kier alpha value is -2.13. The van der Waals surface area contributed by atoms with Crippen molar-refractivity contribution in [1.82, 2.24) is 5.32 Å². The van der Waals surface area contributed by atoms with E-state index in [1.165, 1.54) is 0 Å². The van der Waals surface area contributed by atoms with Crippen molar-refractivity contribution in [1.29, 1.82) is 0 Å². The van der Waals surface area contributed by atoms with Crippen molar-refractivity contribution < 1.29 is 9.90 Å². The monoisotopic (exact) mass is 267 g/mol. The summed E-state index contributed by atoms with van der Waals surface area (Å²) in [4.78, 5) is 11.3. The molecule has 1 heterocycles. The molecule has 0 unspecified atom stereocenters. The van der Waals surface area contributed by atoms with Crippen LogP contribution in [-0.2, 0) is 10.3 Å². The Kier molecular flexibility index (Phi) is 3.28. The van der Waals surface area contributed by atoms with Crippen molar-refractivity contribution in [3.8, 4) is 0 Å². The first kappa shape index (κ1) is 12.9. The molecule has 0 aromatic heterocycles. The van der Waals surface area contributed by atoms with Crippen molar-refractivity contribution in [3.05, 3.63) is 71.8 Å². The standard InChI is InChI=1S/C17H17NO2/c19-16(20)15-11-12-17(18-15,13-7-3-1-4-8-13)14-9-5-2-6-10-14/h1-10,15,18H,11-12H2,(H,19,20)/t15-/m0/s1. The van der Waals surface area contributed by atoms with Crippen LogP contribution in [0.1, 0.15) is 24.0 Å². The first-order valence-electron chi connectivity index (χ1n) is 6.84. The summed E-state index contributed by atoms with van der Waals surface area (Å²) in [6, 6.07) is 19.7. The first-order valence-corrected chi connectivity index (χ1v) is 6.84. The van der Waals surface area contributed by atoms with Crippen LogP contribution in [0.5, 0.6) is 0 Å². The third kappa shape index (κ3) is 2.10. The Morgan fingerprint density at radius 1 is 1.00 bits per heavy atom. The molecule has 0 amide bonds. The van der Waals surface area contributed by atoms with Crippen LogP contribution in [0.4, 0.5) is 0 Å². The summed E-state index contributed by atoms with van der Waals surface area (Å²) in [5, 5.41) is 12.6. The molecule has 3 nitrogen and oxygen atoms in total. The summed E-state index contributed by atoms with van der Waals surface area (Å²) in [6.45, 7) is 0. The number of carbonyl (C=O) groups is 1. The molecule has 3 rings (SSSR count). The fraction of sp³-hybridized carbons (Fsp3) is 0.235. The number of rotatable bonds is 3. The molecule has 1 aliphatic rings. The average molecular weight is 267 g/mol. The summed E-state index contributed by atoms with van der Waals surface area (Å²) in [5.41, 5.74) is 1.84. The predicted octanol–water partition coefficient (Wildman–Crippen LogP) is 2.77. The van der Waals surface area contributed by atoms with Gasteiger partial charge >= 0.3 is 5.97 Å². The minimum absolute atomic E-state index is 0.397. The van der Waals surface area contributed by atoms with Crippen LogP contribution in [-0.4, -0.2) is 17.1 Å². The highest BCUT2D eigenvalue weighted by Gasteiger charge is 2.43. The summed E-state index contributed by atoms with van der Waals surface area (Å²) in [6.07, 6.45) is 1.43. The van der Waals surface area contributed by atoms with Crippen LogP contribution in [0.2, 0.25) is 0 Å². The molecule has 2 aromatic rings. The van der Waals surface area contributed by atoms with Gasteiger partial charge in [-0.2, -0.15) is 0 Å². The van der Waals surface area contributed by atoms with E-state index in [0.29, 0.717) is 6.42 Å². The van der Waals surface area contributed by atoms with E-state index in [2.05, 4.69) is 29.6 Å². The maximum atomic E-state index is 11.3. The molecule has 0 aliphatic carbocycles. The van der Waals surface area contributed by atoms with Crippen molar-refractivity contribution in [2.24, 2.45) is 0 Å². The van der Waals surface area contributed by atoms with Crippen LogP contribution in [0.15, 0.2) is 60.7 Å². The molecule has 0 bridgehead atoms. The molecular formula is C17H17NO2. The van der Waals surface area contributed by atoms with E-state index >= 15 is 0 Å². The molecule has 0 spiro atoms. The quantitative estimate of drug-likeness (QED) is 0.899. The van der Waals surface area contributed by atoms with Crippen molar-refractivity contribution in [2.45, 2.75) is 24.4 Å². The number of hydrogen-bond donors (Lipinski definition) is 2. The Morgan fingerprint density at radius 3 is 1.90 bits per heavy atom. The lowest BCUT2D eigenvalue weighted by Gasteiger charge is -2.31. The van der Waals surface area contributed by atoms with Gasteiger partial charge in [0.1, 0.15) is 6.04 Å². The molecule has 0 radical (unpaired) electrons. The van der Waals surface area contributed by atoms with E-state index < -0.39 is 17.6 Å². The second-order valence-corrected chi connectivity index (χ2v) is 5.21. The molecule has 1 fully saturated rings. The van der Waals surface area contributed by atoms with Crippen LogP contribution in [0.3, 0.4) is 0 Å². The molecule has 2 N–H and O–H groups in total. The highest BCUT2D eigenvalue weighted by Crippen LogP contribution is 2.39. The van der Waals surface area contributed by atoms with Crippen molar-refractivity contribution >= 4 is 5.97 Å². The number of benzene rings is 2. The fourth-order valence-corrected chi connectivity index (χ4v) is 3.06. The van der Waals surface area contributed by atoms with E-state index in [4.69, 9.17) is 0 Å². The SMILES string of the molecule is O=C(O)[C@@H]1CCC(c2ccccc2)(c2ccccc2)N1. The summed E-state index contributed by atoms with van der Waals surface area (Å²) in [5.74, 6) is -0.779. The number of nitrogens with one attached hydrogen (secondary N) is 1. The lowest BCUT2D eigenvalue weighted by atomic mass is 9.82. The van der Waals surface area contributed by atoms with Crippen LogP contribution in [0.25, 0.3) is 0 Å². The molecule has 1 aliphatic heterocycles. The van der Waals surface area contributed by atoms with Gasteiger partial charge in [0.25, 0.3) is 0 Å². The Balaban J connectivity index is 2.08. The Labute approximate surface area is 118 Å². The summed E-state index contributed by atoms with van der Waals surface area (Å²) >= 11 is 0. The molecule has 3 heteroatoms. The van der Waals surface area contributed by atoms with Crippen LogP contribution >= 0.6 is 0 Å². The van der Waals surface area contributed by atoms with Gasteiger partial charge in [-0.3, -0.25) is 10.1 Å². The average Bonchev–Trinajstić information content (AvgIpc) is 2.96. The topological polar surface area (TPSA) is 49.3 Å². The van der Waals surface area contributed by atoms with E-state index in [1.54, 1.807) is 0 Å². The zero-order valence-corrected chi connectivity index (χ0v) is 11.1. The van der Waals surface area contributed by atoms with Gasteiger partial charge in [0.15, 0.2) is 0 Å². The van der Waals surface area contributed by atoms with E-state index in [-0.39, 0.29) is 0 Å². The van der Waals surface area contributed by atoms with E-state index in [1.807, 2.05) is 36.4 Å². The highest BCUT2D eigenvalue weighted by molar-refractivity contribution is 5.74. The van der Waals surface area contributed by atoms with Gasteiger partial charge in [-0.15, -0.1) is 0 Å². The third-order valence-electron chi connectivity index (χ3n) is 4.06. The smallest absolute Gasteiger partial charge is 0.320 e. The summed E-state index contributed by atoms with van der Waals surface area (Å²) < 4.78 is 0. The fourth-order valence-electron chi connectivity index (χ4n) is 3.06. The second-order valence-electron chi connectivity index (χ2n) is 5.21. The maximum absolute atomic E-state index is 11.3. The minimum atomic E-state index is -0.779. The lowest BCUT2D eigenvalue weighted by Crippen LogP contribution is -2.44. The number of carboxylic acids is 1. The highest BCUT2D eigenvalue weighted by atomic mass is 16.4. The van der Waals surface area contributed by atoms with Gasteiger partial charge in [0.05, 0.1) is 5.54 Å². The van der Waals surface area contributed by atoms with E-state index in [0.717, 1.165) is 17.5 Å². The molecule has 1 atom stereocenters. The number of carboxylic acid groups (broad SMARTS) is 1. The molecule has 102 valence electrons. The normalized spacial score (nSPS) is 20.7. The first-order chi connectivity index (χ1) is 9.72. The Morgan fingerprint density at radius 2 is 1.50 bits per heavy atom. The van der Waals surface area contributed by atoms with Crippen LogP contribution < -0.4 is 5.32 Å². The van der Waals surface area contributed by atoms with Gasteiger partial charge in [0.2, 0.25) is 0 Å². The Bertz CT molecular complexity index is 555. The molecule has 0 saturated carbocycles. The molecule has 2 aromatic carbocycles. The molecule has 1 saturated heterocycles. The zero-order chi connectivity index (χ0) is 14.0. The van der Waals surface area contributed by atoms with Gasteiger partial charge in [0, 0.05) is 0 Å². The minimum Gasteiger partial charge on any atom is -0.480 e. The molecular weight excluding hydrogens is 250 g/mol. The van der Waals surface area contributed by atoms with Gasteiger partial charge in [-0.1, -0.05) is 60.7 Å². The van der Waals surface area contributed by atoms with E-state index in [9.17, 15) is 9.90 Å². The van der Waals surface area contributed by atoms with Crippen molar-refractivity contribution in [3.63, 3.8) is 0 Å². The third-order valence-corrected chi connectivity index (χ3v) is 4.06. The van der Waals surface area contributed by atoms with Crippen LogP contribution in [0, 0.1) is 0 Å². The largest absolute Gasteiger partial charge is 0.480 e.